The Balaban J connectivity index is 1.57. The van der Waals surface area contributed by atoms with Gasteiger partial charge < -0.3 is 5.32 Å². The van der Waals surface area contributed by atoms with Crippen LogP contribution in [0.1, 0.15) is 36.1 Å². The molecule has 0 heterocycles. The first kappa shape index (κ1) is 18.7. The smallest absolute Gasteiger partial charge is 0.0420 e. The van der Waals surface area contributed by atoms with Crippen molar-refractivity contribution in [2.75, 3.05) is 5.32 Å². The Morgan fingerprint density at radius 3 is 2.07 bits per heavy atom. The maximum Gasteiger partial charge on any atom is 0.0420 e. The van der Waals surface area contributed by atoms with E-state index in [1.54, 1.807) is 0 Å². The van der Waals surface area contributed by atoms with Gasteiger partial charge in [-0.3, -0.25) is 0 Å². The first-order valence-electron chi connectivity index (χ1n) is 10.6. The monoisotopic (exact) mass is 389 g/mol. The summed E-state index contributed by atoms with van der Waals surface area (Å²) in [6.45, 7) is 9.03. The molecule has 0 bridgehead atoms. The Bertz CT molecular complexity index is 1250. The number of aryl methyl sites for hydroxylation is 2. The van der Waals surface area contributed by atoms with Crippen LogP contribution in [0.3, 0.4) is 0 Å². The first-order valence-corrected chi connectivity index (χ1v) is 10.6. The molecule has 0 amide bonds. The number of anilines is 2. The molecule has 0 unspecified atom stereocenters. The molecule has 1 N–H and O–H groups in total. The van der Waals surface area contributed by atoms with Crippen molar-refractivity contribution in [1.82, 2.24) is 0 Å². The van der Waals surface area contributed by atoms with Crippen LogP contribution < -0.4 is 5.32 Å². The lowest BCUT2D eigenvalue weighted by atomic mass is 9.82. The Morgan fingerprint density at radius 2 is 1.27 bits per heavy atom. The van der Waals surface area contributed by atoms with E-state index in [0.29, 0.717) is 0 Å². The maximum absolute atomic E-state index is 3.74. The Hall–Kier alpha value is -3.32. The molecular formula is C29H27N. The largest absolute Gasteiger partial charge is 0.355 e. The molecule has 1 nitrogen and oxygen atoms in total. The molecule has 4 aromatic carbocycles. The van der Waals surface area contributed by atoms with E-state index >= 15 is 0 Å². The van der Waals surface area contributed by atoms with Crippen molar-refractivity contribution in [2.45, 2.75) is 33.1 Å². The second-order valence-electron chi connectivity index (χ2n) is 8.90. The molecule has 30 heavy (non-hydrogen) atoms. The molecule has 4 aromatic rings. The van der Waals surface area contributed by atoms with E-state index in [1.807, 2.05) is 0 Å². The van der Waals surface area contributed by atoms with Crippen LogP contribution >= 0.6 is 0 Å². The van der Waals surface area contributed by atoms with Crippen molar-refractivity contribution >= 4 is 11.4 Å². The van der Waals surface area contributed by atoms with Gasteiger partial charge in [-0.2, -0.15) is 0 Å². The summed E-state index contributed by atoms with van der Waals surface area (Å²) in [4.78, 5) is 0. The van der Waals surface area contributed by atoms with E-state index in [2.05, 4.69) is 118 Å². The van der Waals surface area contributed by atoms with Gasteiger partial charge in [0.15, 0.2) is 0 Å². The number of fused-ring (bicyclic) bond motifs is 3. The third-order valence-electron chi connectivity index (χ3n) is 6.54. The number of hydrogen-bond acceptors (Lipinski definition) is 1. The Morgan fingerprint density at radius 1 is 0.567 bits per heavy atom. The summed E-state index contributed by atoms with van der Waals surface area (Å²) in [5, 5.41) is 3.74. The van der Waals surface area contributed by atoms with Crippen LogP contribution in [0, 0.1) is 13.8 Å². The van der Waals surface area contributed by atoms with E-state index in [9.17, 15) is 0 Å². The standard InChI is InChI=1S/C29H27N/c1-19-14-15-22(21-10-6-5-7-11-21)17-27(19)30-28-18-26-24(16-20(28)2)23-12-8-9-13-25(23)29(26,3)4/h5-18,30H,1-4H3. The summed E-state index contributed by atoms with van der Waals surface area (Å²) in [6, 6.07) is 30.7. The maximum atomic E-state index is 3.74. The van der Waals surface area contributed by atoms with Crippen LogP contribution in [0.2, 0.25) is 0 Å². The summed E-state index contributed by atoms with van der Waals surface area (Å²) in [6.07, 6.45) is 0. The SMILES string of the molecule is Cc1ccc(-c2ccccc2)cc1Nc1cc2c(cc1C)-c1ccccc1C2(C)C. The molecular weight excluding hydrogens is 362 g/mol. The Kier molecular flexibility index (Phi) is 4.29. The fourth-order valence-corrected chi connectivity index (χ4v) is 4.70. The molecule has 0 radical (unpaired) electrons. The van der Waals surface area contributed by atoms with Crippen molar-refractivity contribution in [3.8, 4) is 22.3 Å². The molecule has 0 aromatic heterocycles. The molecule has 0 saturated carbocycles. The van der Waals surface area contributed by atoms with E-state index in [1.165, 1.54) is 50.2 Å². The van der Waals surface area contributed by atoms with Gasteiger partial charge in [0.25, 0.3) is 0 Å². The zero-order valence-corrected chi connectivity index (χ0v) is 18.1. The average molecular weight is 390 g/mol. The first-order chi connectivity index (χ1) is 14.4. The summed E-state index contributed by atoms with van der Waals surface area (Å²) in [5.74, 6) is 0. The van der Waals surface area contributed by atoms with E-state index in [0.717, 1.165) is 5.69 Å². The Labute approximate surface area is 179 Å². The molecule has 148 valence electrons. The minimum Gasteiger partial charge on any atom is -0.355 e. The minimum atomic E-state index is 0.0109. The van der Waals surface area contributed by atoms with Crippen LogP contribution in [0.15, 0.2) is 84.9 Å². The fraction of sp³-hybridized carbons (Fsp3) is 0.172. The third kappa shape index (κ3) is 2.93. The molecule has 0 saturated heterocycles. The van der Waals surface area contributed by atoms with Gasteiger partial charge in [0.05, 0.1) is 0 Å². The van der Waals surface area contributed by atoms with Gasteiger partial charge in [-0.1, -0.05) is 80.6 Å². The van der Waals surface area contributed by atoms with Crippen molar-refractivity contribution < 1.29 is 0 Å². The van der Waals surface area contributed by atoms with Gasteiger partial charge >= 0.3 is 0 Å². The van der Waals surface area contributed by atoms with Crippen molar-refractivity contribution in [1.29, 1.82) is 0 Å². The third-order valence-corrected chi connectivity index (χ3v) is 6.54. The minimum absolute atomic E-state index is 0.0109. The molecule has 0 fully saturated rings. The highest BCUT2D eigenvalue weighted by atomic mass is 14.9. The van der Waals surface area contributed by atoms with Crippen molar-refractivity contribution in [3.05, 3.63) is 107 Å². The van der Waals surface area contributed by atoms with Gasteiger partial charge in [-0.05, 0) is 76.6 Å². The lowest BCUT2D eigenvalue weighted by Gasteiger charge is -2.23. The van der Waals surface area contributed by atoms with Crippen LogP contribution in [0.5, 0.6) is 0 Å². The average Bonchev–Trinajstić information content (AvgIpc) is 2.97. The normalized spacial score (nSPS) is 13.6. The molecule has 5 rings (SSSR count). The van der Waals surface area contributed by atoms with Crippen molar-refractivity contribution in [2.24, 2.45) is 0 Å². The number of benzene rings is 4. The quantitative estimate of drug-likeness (QED) is 0.374. The summed E-state index contributed by atoms with van der Waals surface area (Å²) in [5.41, 5.74) is 12.9. The highest BCUT2D eigenvalue weighted by Crippen LogP contribution is 2.50. The van der Waals surface area contributed by atoms with Gasteiger partial charge in [-0.25, -0.2) is 0 Å². The molecule has 1 aliphatic rings. The number of hydrogen-bond donors (Lipinski definition) is 1. The van der Waals surface area contributed by atoms with Crippen LogP contribution in [-0.2, 0) is 5.41 Å². The van der Waals surface area contributed by atoms with Gasteiger partial charge in [-0.15, -0.1) is 0 Å². The fourth-order valence-electron chi connectivity index (χ4n) is 4.70. The van der Waals surface area contributed by atoms with Crippen LogP contribution in [-0.4, -0.2) is 0 Å². The highest BCUT2D eigenvalue weighted by molar-refractivity contribution is 5.84. The molecule has 0 atom stereocenters. The summed E-state index contributed by atoms with van der Waals surface area (Å²) in [7, 11) is 0. The molecule has 1 heteroatoms. The predicted molar refractivity (Wildman–Crippen MR) is 129 cm³/mol. The topological polar surface area (TPSA) is 12.0 Å². The van der Waals surface area contributed by atoms with Crippen LogP contribution in [0.25, 0.3) is 22.3 Å². The molecule has 1 aliphatic carbocycles. The predicted octanol–water partition coefficient (Wildman–Crippen LogP) is 8.02. The van der Waals surface area contributed by atoms with Gasteiger partial charge in [0, 0.05) is 16.8 Å². The molecule has 0 aliphatic heterocycles. The van der Waals surface area contributed by atoms with Gasteiger partial charge in [0.2, 0.25) is 0 Å². The lowest BCUT2D eigenvalue weighted by Crippen LogP contribution is -2.15. The van der Waals surface area contributed by atoms with E-state index in [-0.39, 0.29) is 5.41 Å². The highest BCUT2D eigenvalue weighted by Gasteiger charge is 2.35. The van der Waals surface area contributed by atoms with Gasteiger partial charge in [0.1, 0.15) is 0 Å². The second-order valence-corrected chi connectivity index (χ2v) is 8.90. The summed E-state index contributed by atoms with van der Waals surface area (Å²) < 4.78 is 0. The molecule has 0 spiro atoms. The number of rotatable bonds is 3. The van der Waals surface area contributed by atoms with E-state index in [4.69, 9.17) is 0 Å². The van der Waals surface area contributed by atoms with E-state index < -0.39 is 0 Å². The summed E-state index contributed by atoms with van der Waals surface area (Å²) >= 11 is 0. The zero-order valence-electron chi connectivity index (χ0n) is 18.1. The lowest BCUT2D eigenvalue weighted by molar-refractivity contribution is 0.660. The van der Waals surface area contributed by atoms with Crippen LogP contribution in [0.4, 0.5) is 11.4 Å². The number of nitrogens with one attached hydrogen (secondary N) is 1. The second kappa shape index (κ2) is 6.88. The van der Waals surface area contributed by atoms with Crippen molar-refractivity contribution in [3.63, 3.8) is 0 Å². The zero-order chi connectivity index (χ0) is 20.9.